The van der Waals surface area contributed by atoms with Crippen molar-refractivity contribution in [2.75, 3.05) is 5.32 Å². The normalized spacial score (nSPS) is 10.2. The Hall–Kier alpha value is -2.43. The number of aryl methyl sites for hydroxylation is 2. The lowest BCUT2D eigenvalue weighted by molar-refractivity contribution is -0.384. The maximum atomic E-state index is 11.0. The van der Waals surface area contributed by atoms with Crippen LogP contribution in [0.4, 0.5) is 11.4 Å². The van der Waals surface area contributed by atoms with Gasteiger partial charge in [-0.15, -0.1) is 0 Å². The molecule has 98 valence electrons. The second-order valence-corrected chi connectivity index (χ2v) is 4.39. The maximum absolute atomic E-state index is 11.0. The average molecular weight is 257 g/mol. The Labute approximate surface area is 111 Å². The molecular weight excluding hydrogens is 242 g/mol. The number of anilines is 1. The molecule has 0 fully saturated rings. The Morgan fingerprint density at radius 3 is 2.63 bits per heavy atom. The van der Waals surface area contributed by atoms with Gasteiger partial charge in [0.25, 0.3) is 5.69 Å². The summed E-state index contributed by atoms with van der Waals surface area (Å²) in [4.78, 5) is 14.9. The molecule has 5 heteroatoms. The highest BCUT2D eigenvalue weighted by atomic mass is 16.6. The molecular formula is C14H15N3O2. The predicted molar refractivity (Wildman–Crippen MR) is 74.1 cm³/mol. The highest BCUT2D eigenvalue weighted by Gasteiger charge is 2.15. The van der Waals surface area contributed by atoms with Crippen molar-refractivity contribution in [2.45, 2.75) is 20.4 Å². The number of benzene rings is 1. The van der Waals surface area contributed by atoms with E-state index in [1.807, 2.05) is 32.0 Å². The number of nitro benzene ring substituents is 1. The molecule has 0 saturated heterocycles. The predicted octanol–water partition coefficient (Wildman–Crippen LogP) is 3.22. The van der Waals surface area contributed by atoms with Crippen molar-refractivity contribution in [1.82, 2.24) is 4.98 Å². The van der Waals surface area contributed by atoms with E-state index in [1.54, 1.807) is 18.3 Å². The van der Waals surface area contributed by atoms with Gasteiger partial charge in [0.05, 0.1) is 17.2 Å². The van der Waals surface area contributed by atoms with Crippen molar-refractivity contribution in [3.05, 3.63) is 63.5 Å². The third-order valence-corrected chi connectivity index (χ3v) is 2.99. The van der Waals surface area contributed by atoms with Crippen LogP contribution in [0.15, 0.2) is 36.5 Å². The molecule has 5 nitrogen and oxygen atoms in total. The lowest BCUT2D eigenvalue weighted by atomic mass is 10.1. The number of nitro groups is 1. The standard InChI is InChI=1S/C14H15N3O2/c1-10-7-13(14(17(18)19)8-11(10)2)16-9-12-5-3-4-6-15-12/h3-8,16H,9H2,1-2H3. The lowest BCUT2D eigenvalue weighted by Crippen LogP contribution is -2.04. The zero-order chi connectivity index (χ0) is 13.8. The third-order valence-electron chi connectivity index (χ3n) is 2.99. The van der Waals surface area contributed by atoms with Crippen LogP contribution in [0.3, 0.4) is 0 Å². The fourth-order valence-electron chi connectivity index (χ4n) is 1.78. The number of hydrogen-bond acceptors (Lipinski definition) is 4. The van der Waals surface area contributed by atoms with E-state index in [-0.39, 0.29) is 10.6 Å². The first-order valence-corrected chi connectivity index (χ1v) is 5.97. The van der Waals surface area contributed by atoms with E-state index in [1.165, 1.54) is 0 Å². The molecule has 0 bridgehead atoms. The van der Waals surface area contributed by atoms with Gasteiger partial charge in [-0.05, 0) is 43.2 Å². The third kappa shape index (κ3) is 3.07. The van der Waals surface area contributed by atoms with Crippen LogP contribution in [0.1, 0.15) is 16.8 Å². The summed E-state index contributed by atoms with van der Waals surface area (Å²) in [5.74, 6) is 0. The van der Waals surface area contributed by atoms with Crippen molar-refractivity contribution in [2.24, 2.45) is 0 Å². The molecule has 0 atom stereocenters. The summed E-state index contributed by atoms with van der Waals surface area (Å²) in [5.41, 5.74) is 3.40. The van der Waals surface area contributed by atoms with Gasteiger partial charge in [-0.1, -0.05) is 6.07 Å². The Balaban J connectivity index is 2.24. The molecule has 0 amide bonds. The molecule has 2 rings (SSSR count). The first-order valence-electron chi connectivity index (χ1n) is 5.97. The van der Waals surface area contributed by atoms with Crippen LogP contribution in [0.2, 0.25) is 0 Å². The summed E-state index contributed by atoms with van der Waals surface area (Å²) < 4.78 is 0. The minimum atomic E-state index is -0.368. The van der Waals surface area contributed by atoms with Gasteiger partial charge in [-0.3, -0.25) is 15.1 Å². The maximum Gasteiger partial charge on any atom is 0.292 e. The lowest BCUT2D eigenvalue weighted by Gasteiger charge is -2.09. The van der Waals surface area contributed by atoms with E-state index in [9.17, 15) is 10.1 Å². The van der Waals surface area contributed by atoms with Crippen molar-refractivity contribution in [3.63, 3.8) is 0 Å². The number of nitrogens with one attached hydrogen (secondary N) is 1. The van der Waals surface area contributed by atoms with Crippen LogP contribution in [-0.4, -0.2) is 9.91 Å². The van der Waals surface area contributed by atoms with Gasteiger partial charge in [-0.25, -0.2) is 0 Å². The van der Waals surface area contributed by atoms with E-state index >= 15 is 0 Å². The van der Waals surface area contributed by atoms with E-state index < -0.39 is 0 Å². The quantitative estimate of drug-likeness (QED) is 0.674. The van der Waals surface area contributed by atoms with E-state index in [4.69, 9.17) is 0 Å². The topological polar surface area (TPSA) is 68.1 Å². The van der Waals surface area contributed by atoms with Gasteiger partial charge in [0.1, 0.15) is 5.69 Å². The van der Waals surface area contributed by atoms with Crippen LogP contribution in [0, 0.1) is 24.0 Å². The van der Waals surface area contributed by atoms with Gasteiger partial charge < -0.3 is 5.32 Å². The molecule has 0 aliphatic carbocycles. The summed E-state index contributed by atoms with van der Waals surface area (Å²) in [7, 11) is 0. The minimum Gasteiger partial charge on any atom is -0.374 e. The molecule has 0 aliphatic heterocycles. The molecule has 1 aromatic heterocycles. The number of rotatable bonds is 4. The van der Waals surface area contributed by atoms with Gasteiger partial charge >= 0.3 is 0 Å². The fraction of sp³-hybridized carbons (Fsp3) is 0.214. The second kappa shape index (κ2) is 5.48. The summed E-state index contributed by atoms with van der Waals surface area (Å²) in [6, 6.07) is 8.99. The Bertz CT molecular complexity index is 597. The largest absolute Gasteiger partial charge is 0.374 e. The van der Waals surface area contributed by atoms with Crippen LogP contribution < -0.4 is 5.32 Å². The average Bonchev–Trinajstić information content (AvgIpc) is 2.40. The Morgan fingerprint density at radius 2 is 2.00 bits per heavy atom. The SMILES string of the molecule is Cc1cc(NCc2ccccn2)c([N+](=O)[O-])cc1C. The molecule has 19 heavy (non-hydrogen) atoms. The van der Waals surface area contributed by atoms with E-state index in [2.05, 4.69) is 10.3 Å². The number of aromatic nitrogens is 1. The van der Waals surface area contributed by atoms with Gasteiger partial charge in [0.2, 0.25) is 0 Å². The van der Waals surface area contributed by atoms with Crippen LogP contribution in [-0.2, 0) is 6.54 Å². The first-order chi connectivity index (χ1) is 9.08. The zero-order valence-electron chi connectivity index (χ0n) is 10.9. The van der Waals surface area contributed by atoms with Gasteiger partial charge in [-0.2, -0.15) is 0 Å². The minimum absolute atomic E-state index is 0.0963. The number of nitrogens with zero attached hydrogens (tertiary/aromatic N) is 2. The fourth-order valence-corrected chi connectivity index (χ4v) is 1.78. The summed E-state index contributed by atoms with van der Waals surface area (Å²) >= 11 is 0. The van der Waals surface area contributed by atoms with Crippen molar-refractivity contribution in [3.8, 4) is 0 Å². The van der Waals surface area contributed by atoms with E-state index in [0.717, 1.165) is 16.8 Å². The summed E-state index contributed by atoms with van der Waals surface area (Å²) in [6.45, 7) is 4.26. The van der Waals surface area contributed by atoms with Crippen molar-refractivity contribution >= 4 is 11.4 Å². The van der Waals surface area contributed by atoms with Gasteiger partial charge in [0.15, 0.2) is 0 Å². The van der Waals surface area contributed by atoms with Crippen LogP contribution in [0.5, 0.6) is 0 Å². The second-order valence-electron chi connectivity index (χ2n) is 4.39. The Kier molecular flexibility index (Phi) is 3.75. The molecule has 1 N–H and O–H groups in total. The molecule has 0 radical (unpaired) electrons. The smallest absolute Gasteiger partial charge is 0.292 e. The highest BCUT2D eigenvalue weighted by molar-refractivity contribution is 5.64. The van der Waals surface area contributed by atoms with Crippen molar-refractivity contribution < 1.29 is 4.92 Å². The number of pyridine rings is 1. The highest BCUT2D eigenvalue weighted by Crippen LogP contribution is 2.28. The molecule has 0 spiro atoms. The number of hydrogen-bond donors (Lipinski definition) is 1. The zero-order valence-corrected chi connectivity index (χ0v) is 10.9. The monoisotopic (exact) mass is 257 g/mol. The molecule has 0 aliphatic rings. The summed E-state index contributed by atoms with van der Waals surface area (Å²) in [5, 5.41) is 14.1. The van der Waals surface area contributed by atoms with Crippen molar-refractivity contribution in [1.29, 1.82) is 0 Å². The van der Waals surface area contributed by atoms with Crippen LogP contribution >= 0.6 is 0 Å². The molecule has 2 aromatic rings. The van der Waals surface area contributed by atoms with Crippen LogP contribution in [0.25, 0.3) is 0 Å². The molecule has 1 aromatic carbocycles. The summed E-state index contributed by atoms with van der Waals surface area (Å²) in [6.07, 6.45) is 1.70. The molecule has 0 unspecified atom stereocenters. The Morgan fingerprint density at radius 1 is 1.26 bits per heavy atom. The van der Waals surface area contributed by atoms with E-state index in [0.29, 0.717) is 12.2 Å². The molecule has 1 heterocycles. The first kappa shape index (κ1) is 13.0. The van der Waals surface area contributed by atoms with Gasteiger partial charge in [0, 0.05) is 12.3 Å². The molecule has 0 saturated carbocycles.